The lowest BCUT2D eigenvalue weighted by Gasteiger charge is -2.39. The quantitative estimate of drug-likeness (QED) is 0.279. The largest absolute Gasteiger partial charge is 0.465 e. The number of likely N-dealkylation sites (N-methyl/N-ethyl adjacent to an activating group) is 2. The zero-order chi connectivity index (χ0) is 19.7. The van der Waals surface area contributed by atoms with Gasteiger partial charge in [-0.15, -0.1) is 0 Å². The second kappa shape index (κ2) is 10.3. The van der Waals surface area contributed by atoms with Gasteiger partial charge in [0.15, 0.2) is 19.6 Å². The maximum Gasteiger partial charge on any atom is 0.361 e. The molecule has 2 unspecified atom stereocenters. The zero-order valence-electron chi connectivity index (χ0n) is 16.1. The highest BCUT2D eigenvalue weighted by molar-refractivity contribution is 5.73. The first-order valence-electron chi connectivity index (χ1n) is 8.05. The van der Waals surface area contributed by atoms with Crippen molar-refractivity contribution in [3.05, 3.63) is 0 Å². The van der Waals surface area contributed by atoms with Crippen molar-refractivity contribution in [2.45, 2.75) is 13.0 Å². The summed E-state index contributed by atoms with van der Waals surface area (Å²) in [5.41, 5.74) is 0. The van der Waals surface area contributed by atoms with E-state index >= 15 is 0 Å². The first-order chi connectivity index (χ1) is 11.5. The van der Waals surface area contributed by atoms with Crippen LogP contribution >= 0.6 is 0 Å². The second-order valence-corrected chi connectivity index (χ2v) is 6.92. The molecule has 0 spiro atoms. The van der Waals surface area contributed by atoms with Crippen LogP contribution in [0.5, 0.6) is 0 Å². The van der Waals surface area contributed by atoms with Crippen molar-refractivity contribution in [1.82, 2.24) is 0 Å². The average Bonchev–Trinajstić information content (AvgIpc) is 2.51. The Morgan fingerprint density at radius 3 is 1.44 bits per heavy atom. The molecule has 0 amide bonds. The van der Waals surface area contributed by atoms with Crippen molar-refractivity contribution in [2.75, 3.05) is 74.7 Å². The maximum atomic E-state index is 11.7. The molecule has 0 aliphatic rings. The third-order valence-electron chi connectivity index (χ3n) is 4.10. The van der Waals surface area contributed by atoms with Gasteiger partial charge in [-0.1, -0.05) is 0 Å². The predicted octanol–water partition coefficient (Wildman–Crippen LogP) is -1.22. The van der Waals surface area contributed by atoms with Crippen molar-refractivity contribution in [3.8, 4) is 0 Å². The van der Waals surface area contributed by atoms with Crippen molar-refractivity contribution < 1.29 is 42.7 Å². The molecular weight excluding hydrogens is 332 g/mol. The summed E-state index contributed by atoms with van der Waals surface area (Å²) in [4.78, 5) is 35.1. The number of aliphatic hydroxyl groups is 1. The number of ether oxygens (including phenoxy) is 3. The second-order valence-electron chi connectivity index (χ2n) is 6.92. The molecule has 0 aromatic heterocycles. The minimum absolute atomic E-state index is 0.00149. The van der Waals surface area contributed by atoms with E-state index in [1.165, 1.54) is 21.3 Å². The highest BCUT2D eigenvalue weighted by Crippen LogP contribution is 2.11. The highest BCUT2D eigenvalue weighted by atomic mass is 16.5. The lowest BCUT2D eigenvalue weighted by molar-refractivity contribution is -0.955. The van der Waals surface area contributed by atoms with Crippen LogP contribution in [0.15, 0.2) is 0 Å². The molecule has 0 saturated carbocycles. The van der Waals surface area contributed by atoms with Gasteiger partial charge >= 0.3 is 17.9 Å². The van der Waals surface area contributed by atoms with E-state index in [0.29, 0.717) is 19.6 Å². The Labute approximate surface area is 149 Å². The van der Waals surface area contributed by atoms with Crippen LogP contribution in [0.3, 0.4) is 0 Å². The molecule has 0 radical (unpaired) electrons. The number of carbonyl (C=O) groups is 3. The Kier molecular flexibility index (Phi) is 9.61. The number of methoxy groups -OCH3 is 3. The SMILES string of the molecule is COC(=O)C[N+](C)(CC[N+](C)(CC(=O)OC)CC(C)O)CC(=O)OC. The van der Waals surface area contributed by atoms with Crippen LogP contribution < -0.4 is 0 Å². The van der Waals surface area contributed by atoms with Crippen molar-refractivity contribution in [3.63, 3.8) is 0 Å². The molecule has 2 atom stereocenters. The van der Waals surface area contributed by atoms with Crippen LogP contribution in [0.25, 0.3) is 0 Å². The lowest BCUT2D eigenvalue weighted by atomic mass is 10.2. The van der Waals surface area contributed by atoms with Gasteiger partial charge in [0.1, 0.15) is 25.7 Å². The summed E-state index contributed by atoms with van der Waals surface area (Å²) in [6, 6.07) is 0. The van der Waals surface area contributed by atoms with E-state index in [1.807, 2.05) is 7.05 Å². The van der Waals surface area contributed by atoms with Gasteiger partial charge in [0.25, 0.3) is 0 Å². The van der Waals surface area contributed by atoms with E-state index < -0.39 is 24.0 Å². The number of carbonyl (C=O) groups excluding carboxylic acids is 3. The van der Waals surface area contributed by atoms with E-state index in [4.69, 9.17) is 14.2 Å². The van der Waals surface area contributed by atoms with Gasteiger partial charge in [0.2, 0.25) is 0 Å². The molecule has 0 aromatic carbocycles. The van der Waals surface area contributed by atoms with Gasteiger partial charge < -0.3 is 28.3 Å². The number of hydrogen-bond donors (Lipinski definition) is 1. The maximum absolute atomic E-state index is 11.7. The Bertz CT molecular complexity index is 449. The van der Waals surface area contributed by atoms with Crippen LogP contribution in [0.1, 0.15) is 6.92 Å². The molecule has 0 bridgehead atoms. The first-order valence-corrected chi connectivity index (χ1v) is 8.05. The fourth-order valence-electron chi connectivity index (χ4n) is 2.70. The summed E-state index contributed by atoms with van der Waals surface area (Å²) < 4.78 is 14.5. The van der Waals surface area contributed by atoms with Gasteiger partial charge in [0, 0.05) is 0 Å². The molecule has 0 aliphatic heterocycles. The first kappa shape index (κ1) is 23.3. The fraction of sp³-hybridized carbons (Fsp3) is 0.812. The van der Waals surface area contributed by atoms with Crippen LogP contribution in [0.2, 0.25) is 0 Å². The predicted molar refractivity (Wildman–Crippen MR) is 89.3 cm³/mol. The lowest BCUT2D eigenvalue weighted by Crippen LogP contribution is -2.60. The number of hydrogen-bond acceptors (Lipinski definition) is 7. The molecule has 0 heterocycles. The van der Waals surface area contributed by atoms with E-state index in [9.17, 15) is 19.5 Å². The fourth-order valence-corrected chi connectivity index (χ4v) is 2.70. The molecule has 146 valence electrons. The Balaban J connectivity index is 5.24. The summed E-state index contributed by atoms with van der Waals surface area (Å²) in [5.74, 6) is -1.27. The molecule has 0 fully saturated rings. The Hall–Kier alpha value is -1.71. The minimum Gasteiger partial charge on any atom is -0.465 e. The number of esters is 3. The third-order valence-corrected chi connectivity index (χ3v) is 4.10. The van der Waals surface area contributed by atoms with Crippen LogP contribution in [-0.2, 0) is 28.6 Å². The molecule has 1 N–H and O–H groups in total. The van der Waals surface area contributed by atoms with E-state index in [1.54, 1.807) is 14.0 Å². The van der Waals surface area contributed by atoms with Gasteiger partial charge in [-0.2, -0.15) is 0 Å². The highest BCUT2D eigenvalue weighted by Gasteiger charge is 2.35. The number of rotatable bonds is 11. The third kappa shape index (κ3) is 9.37. The molecule has 25 heavy (non-hydrogen) atoms. The molecule has 9 nitrogen and oxygen atoms in total. The zero-order valence-corrected chi connectivity index (χ0v) is 16.1. The van der Waals surface area contributed by atoms with Gasteiger partial charge in [-0.05, 0) is 6.92 Å². The molecule has 9 heteroatoms. The summed E-state index contributed by atoms with van der Waals surface area (Å²) >= 11 is 0. The van der Waals surface area contributed by atoms with Gasteiger partial charge in [0.05, 0.1) is 35.4 Å². The summed E-state index contributed by atoms with van der Waals surface area (Å²) in [6.07, 6.45) is -0.616. The van der Waals surface area contributed by atoms with Crippen molar-refractivity contribution >= 4 is 17.9 Å². The van der Waals surface area contributed by atoms with E-state index in [0.717, 1.165) is 0 Å². The summed E-state index contributed by atoms with van der Waals surface area (Å²) in [6.45, 7) is 2.92. The van der Waals surface area contributed by atoms with Gasteiger partial charge in [-0.25, -0.2) is 14.4 Å². The topological polar surface area (TPSA) is 99.1 Å². The Morgan fingerprint density at radius 2 is 1.12 bits per heavy atom. The Morgan fingerprint density at radius 1 is 0.800 bits per heavy atom. The van der Waals surface area contributed by atoms with E-state index in [-0.39, 0.29) is 28.6 Å². The smallest absolute Gasteiger partial charge is 0.361 e. The van der Waals surface area contributed by atoms with Crippen LogP contribution in [0, 0.1) is 0 Å². The minimum atomic E-state index is -0.616. The molecule has 0 aliphatic carbocycles. The number of nitrogens with zero attached hydrogens (tertiary/aromatic N) is 2. The number of quaternary nitrogens is 2. The van der Waals surface area contributed by atoms with Crippen molar-refractivity contribution in [2.24, 2.45) is 0 Å². The standard InChI is InChI=1S/C16H32N2O7/c1-13(19)9-17(2,10-14(20)23-4)7-8-18(3,11-15(21)24-5)12-16(22)25-6/h13,19H,7-12H2,1-6H3/q+2. The van der Waals surface area contributed by atoms with Crippen LogP contribution in [0.4, 0.5) is 0 Å². The molecule has 0 rings (SSSR count). The summed E-state index contributed by atoms with van der Waals surface area (Å²) in [5, 5.41) is 9.75. The average molecular weight is 364 g/mol. The van der Waals surface area contributed by atoms with Gasteiger partial charge in [-0.3, -0.25) is 0 Å². The monoisotopic (exact) mass is 364 g/mol. The summed E-state index contributed by atoms with van der Waals surface area (Å²) in [7, 11) is 7.46. The van der Waals surface area contributed by atoms with E-state index in [2.05, 4.69) is 0 Å². The molecular formula is C16H32N2O7+2. The van der Waals surface area contributed by atoms with Crippen LogP contribution in [-0.4, -0.2) is 113 Å². The number of aliphatic hydroxyl groups excluding tert-OH is 1. The molecule has 0 aromatic rings. The van der Waals surface area contributed by atoms with Crippen molar-refractivity contribution in [1.29, 1.82) is 0 Å². The molecule has 0 saturated heterocycles. The normalized spacial score (nSPS) is 15.0.